The molecule has 0 unspecified atom stereocenters. The molecule has 1 N–H and O–H groups in total. The van der Waals surface area contributed by atoms with Gasteiger partial charge < -0.3 is 4.98 Å². The Balaban J connectivity index is 2.84. The first-order valence-electron chi connectivity index (χ1n) is 5.10. The van der Waals surface area contributed by atoms with Gasteiger partial charge in [0.05, 0.1) is 12.3 Å². The van der Waals surface area contributed by atoms with Crippen molar-refractivity contribution in [3.63, 3.8) is 0 Å². The third-order valence-corrected chi connectivity index (χ3v) is 2.60. The molecule has 2 rings (SSSR count). The molecule has 16 heavy (non-hydrogen) atoms. The van der Waals surface area contributed by atoms with Crippen molar-refractivity contribution in [2.24, 2.45) is 0 Å². The lowest BCUT2D eigenvalue weighted by Crippen LogP contribution is -1.88. The molecule has 0 saturated carbocycles. The number of H-pyrrole nitrogens is 1. The van der Waals surface area contributed by atoms with Gasteiger partial charge in [0.2, 0.25) is 5.69 Å². The molecule has 4 heteroatoms. The molecular weight excluding hydrogens is 205 g/mol. The normalized spacial score (nSPS) is 11.0. The van der Waals surface area contributed by atoms with Crippen LogP contribution in [0.25, 0.3) is 15.9 Å². The van der Waals surface area contributed by atoms with Crippen LogP contribution in [0.1, 0.15) is 31.2 Å². The van der Waals surface area contributed by atoms with Crippen molar-refractivity contribution in [1.82, 2.24) is 9.97 Å². The SMILES string of the molecule is [C-]#[N+]c1c(C(C)C)[nH]c2nc(C)c(F)cc12. The lowest BCUT2D eigenvalue weighted by atomic mass is 10.1. The highest BCUT2D eigenvalue weighted by atomic mass is 19.1. The van der Waals surface area contributed by atoms with E-state index in [0.717, 1.165) is 5.69 Å². The quantitative estimate of drug-likeness (QED) is 0.726. The van der Waals surface area contributed by atoms with Crippen molar-refractivity contribution in [1.29, 1.82) is 0 Å². The van der Waals surface area contributed by atoms with Crippen LogP contribution in [0.5, 0.6) is 0 Å². The first kappa shape index (κ1) is 10.6. The van der Waals surface area contributed by atoms with Crippen molar-refractivity contribution in [2.75, 3.05) is 0 Å². The summed E-state index contributed by atoms with van der Waals surface area (Å²) in [5, 5.41) is 0.571. The summed E-state index contributed by atoms with van der Waals surface area (Å²) < 4.78 is 13.4. The Labute approximate surface area is 93.1 Å². The molecule has 0 aliphatic rings. The van der Waals surface area contributed by atoms with Crippen LogP contribution in [0.3, 0.4) is 0 Å². The monoisotopic (exact) mass is 217 g/mol. The summed E-state index contributed by atoms with van der Waals surface area (Å²) >= 11 is 0. The second-order valence-electron chi connectivity index (χ2n) is 4.11. The first-order valence-corrected chi connectivity index (χ1v) is 5.10. The Hall–Kier alpha value is -1.89. The molecule has 0 fully saturated rings. The van der Waals surface area contributed by atoms with Gasteiger partial charge in [-0.25, -0.2) is 14.2 Å². The first-order chi connectivity index (χ1) is 7.54. The summed E-state index contributed by atoms with van der Waals surface area (Å²) in [4.78, 5) is 10.7. The predicted octanol–water partition coefficient (Wildman–Crippen LogP) is 3.68. The Morgan fingerprint density at radius 2 is 2.19 bits per heavy atom. The molecule has 0 aliphatic carbocycles. The average molecular weight is 217 g/mol. The largest absolute Gasteiger partial charge is 0.354 e. The topological polar surface area (TPSA) is 33.0 Å². The molecule has 2 aromatic rings. The molecule has 3 nitrogen and oxygen atoms in total. The fourth-order valence-electron chi connectivity index (χ4n) is 1.73. The molecule has 0 bridgehead atoms. The highest BCUT2D eigenvalue weighted by Gasteiger charge is 2.16. The van der Waals surface area contributed by atoms with Crippen molar-refractivity contribution in [2.45, 2.75) is 26.7 Å². The average Bonchev–Trinajstić information content (AvgIpc) is 2.57. The Morgan fingerprint density at radius 1 is 1.50 bits per heavy atom. The van der Waals surface area contributed by atoms with Crippen molar-refractivity contribution >= 4 is 16.7 Å². The van der Waals surface area contributed by atoms with E-state index >= 15 is 0 Å². The van der Waals surface area contributed by atoms with Crippen molar-refractivity contribution in [3.05, 3.63) is 34.7 Å². The number of nitrogens with one attached hydrogen (secondary N) is 1. The fourth-order valence-corrected chi connectivity index (χ4v) is 1.73. The van der Waals surface area contributed by atoms with Crippen LogP contribution < -0.4 is 0 Å². The van der Waals surface area contributed by atoms with Crippen molar-refractivity contribution in [3.8, 4) is 0 Å². The lowest BCUT2D eigenvalue weighted by Gasteiger charge is -2.00. The van der Waals surface area contributed by atoms with Gasteiger partial charge in [-0.15, -0.1) is 0 Å². The van der Waals surface area contributed by atoms with E-state index in [0.29, 0.717) is 22.4 Å². The van der Waals surface area contributed by atoms with Gasteiger partial charge >= 0.3 is 0 Å². The maximum atomic E-state index is 13.4. The minimum Gasteiger partial charge on any atom is -0.354 e. The van der Waals surface area contributed by atoms with Crippen LogP contribution in [0, 0.1) is 19.3 Å². The van der Waals surface area contributed by atoms with E-state index in [9.17, 15) is 4.39 Å². The molecule has 0 spiro atoms. The number of fused-ring (bicyclic) bond motifs is 1. The smallest absolute Gasteiger partial charge is 0.217 e. The minimum atomic E-state index is -0.369. The minimum absolute atomic E-state index is 0.196. The molecule has 82 valence electrons. The standard InChI is InChI=1S/C12H12FN3/c1-6(2)10-11(14-4)8-5-9(13)7(3)15-12(8)16-10/h5-6H,1-3H3,(H,15,16). The lowest BCUT2D eigenvalue weighted by molar-refractivity contribution is 0.613. The zero-order valence-corrected chi connectivity index (χ0v) is 9.43. The predicted molar refractivity (Wildman–Crippen MR) is 61.1 cm³/mol. The van der Waals surface area contributed by atoms with Gasteiger partial charge in [0.25, 0.3) is 0 Å². The number of aromatic amines is 1. The summed E-state index contributed by atoms with van der Waals surface area (Å²) in [6.45, 7) is 12.7. The van der Waals surface area contributed by atoms with E-state index in [1.807, 2.05) is 13.8 Å². The zero-order chi connectivity index (χ0) is 11.9. The zero-order valence-electron chi connectivity index (χ0n) is 9.43. The van der Waals surface area contributed by atoms with Gasteiger partial charge in [-0.05, 0) is 18.9 Å². The Morgan fingerprint density at radius 3 is 2.75 bits per heavy atom. The maximum Gasteiger partial charge on any atom is 0.217 e. The van der Waals surface area contributed by atoms with Crippen LogP contribution in [-0.2, 0) is 0 Å². The fraction of sp³-hybridized carbons (Fsp3) is 0.333. The van der Waals surface area contributed by atoms with Gasteiger partial charge in [-0.2, -0.15) is 0 Å². The van der Waals surface area contributed by atoms with Crippen LogP contribution in [0.4, 0.5) is 10.1 Å². The number of halogens is 1. The number of aromatic nitrogens is 2. The molecule has 2 aromatic heterocycles. The van der Waals surface area contributed by atoms with Crippen LogP contribution in [0.15, 0.2) is 6.07 Å². The van der Waals surface area contributed by atoms with E-state index in [2.05, 4.69) is 14.8 Å². The van der Waals surface area contributed by atoms with Crippen LogP contribution >= 0.6 is 0 Å². The summed E-state index contributed by atoms with van der Waals surface area (Å²) in [5.74, 6) is -0.173. The van der Waals surface area contributed by atoms with Crippen LogP contribution in [-0.4, -0.2) is 9.97 Å². The highest BCUT2D eigenvalue weighted by Crippen LogP contribution is 2.34. The summed E-state index contributed by atoms with van der Waals surface area (Å²) in [6, 6.07) is 1.38. The Kier molecular flexibility index (Phi) is 2.39. The van der Waals surface area contributed by atoms with E-state index in [4.69, 9.17) is 6.57 Å². The number of hydrogen-bond acceptors (Lipinski definition) is 1. The van der Waals surface area contributed by atoms with Gasteiger partial charge in [0.15, 0.2) is 0 Å². The van der Waals surface area contributed by atoms with E-state index < -0.39 is 0 Å². The molecule has 0 aliphatic heterocycles. The molecule has 0 saturated heterocycles. The van der Waals surface area contributed by atoms with E-state index in [1.54, 1.807) is 6.92 Å². The summed E-state index contributed by atoms with van der Waals surface area (Å²) in [5.41, 5.74) is 2.24. The summed E-state index contributed by atoms with van der Waals surface area (Å²) in [7, 11) is 0. The molecule has 2 heterocycles. The molecule has 0 atom stereocenters. The van der Waals surface area contributed by atoms with Crippen LogP contribution in [0.2, 0.25) is 0 Å². The maximum absolute atomic E-state index is 13.4. The molecular formula is C12H12FN3. The van der Waals surface area contributed by atoms with Gasteiger partial charge in [0.1, 0.15) is 11.5 Å². The van der Waals surface area contributed by atoms with E-state index in [1.165, 1.54) is 6.07 Å². The summed E-state index contributed by atoms with van der Waals surface area (Å²) in [6.07, 6.45) is 0. The molecule has 0 amide bonds. The van der Waals surface area contributed by atoms with E-state index in [-0.39, 0.29) is 11.7 Å². The number of nitrogens with zero attached hydrogens (tertiary/aromatic N) is 2. The second kappa shape index (κ2) is 3.60. The molecule has 0 aromatic carbocycles. The Bertz CT molecular complexity index is 590. The van der Waals surface area contributed by atoms with Gasteiger partial charge in [0, 0.05) is 11.1 Å². The third-order valence-electron chi connectivity index (χ3n) is 2.60. The number of pyridine rings is 1. The number of hydrogen-bond donors (Lipinski definition) is 1. The number of rotatable bonds is 1. The highest BCUT2D eigenvalue weighted by molar-refractivity contribution is 5.93. The van der Waals surface area contributed by atoms with Gasteiger partial charge in [-0.3, -0.25) is 0 Å². The third kappa shape index (κ3) is 1.45. The van der Waals surface area contributed by atoms with Gasteiger partial charge in [-0.1, -0.05) is 13.8 Å². The second-order valence-corrected chi connectivity index (χ2v) is 4.11. The van der Waals surface area contributed by atoms with Crippen molar-refractivity contribution < 1.29 is 4.39 Å². The molecule has 0 radical (unpaired) electrons. The number of aryl methyl sites for hydroxylation is 1.